The van der Waals surface area contributed by atoms with E-state index in [-0.39, 0.29) is 17.3 Å². The normalized spacial score (nSPS) is 11.6. The number of methoxy groups -OCH3 is 1. The summed E-state index contributed by atoms with van der Waals surface area (Å²) in [5, 5.41) is 0. The Labute approximate surface area is 157 Å². The molecule has 0 unspecified atom stereocenters. The van der Waals surface area contributed by atoms with Crippen LogP contribution in [0.3, 0.4) is 0 Å². The van der Waals surface area contributed by atoms with E-state index in [9.17, 15) is 4.79 Å². The van der Waals surface area contributed by atoms with Gasteiger partial charge in [0.05, 0.1) is 5.60 Å². The van der Waals surface area contributed by atoms with Gasteiger partial charge in [-0.15, -0.1) is 0 Å². The van der Waals surface area contributed by atoms with Gasteiger partial charge in [0.15, 0.2) is 0 Å². The molecule has 0 bridgehead atoms. The topological polar surface area (TPSA) is 38.8 Å². The average Bonchev–Trinajstić information content (AvgIpc) is 2.53. The van der Waals surface area contributed by atoms with Crippen molar-refractivity contribution < 1.29 is 14.3 Å². The molecule has 0 aromatic rings. The van der Waals surface area contributed by atoms with Crippen molar-refractivity contribution in [1.29, 1.82) is 0 Å². The quantitative estimate of drug-likeness (QED) is 0.422. The third-order valence-corrected chi connectivity index (χ3v) is 4.24. The minimum Gasteiger partial charge on any atom is -0.443 e. The molecule has 0 aliphatic heterocycles. The third-order valence-electron chi connectivity index (χ3n) is 4.24. The first-order valence-electron chi connectivity index (χ1n) is 9.98. The van der Waals surface area contributed by atoms with Gasteiger partial charge in [-0.1, -0.05) is 52.4 Å². The zero-order valence-electron chi connectivity index (χ0n) is 18.5. The van der Waals surface area contributed by atoms with Crippen LogP contribution in [0.5, 0.6) is 0 Å². The van der Waals surface area contributed by atoms with Crippen LogP contribution in [0.1, 0.15) is 99.8 Å². The van der Waals surface area contributed by atoms with Crippen LogP contribution in [-0.4, -0.2) is 42.9 Å². The lowest BCUT2D eigenvalue weighted by atomic mass is 10.1. The molecule has 0 aromatic carbocycles. The van der Waals surface area contributed by atoms with Gasteiger partial charge in [0.1, 0.15) is 5.60 Å². The highest BCUT2D eigenvalue weighted by molar-refractivity contribution is 5.67. The lowest BCUT2D eigenvalue weighted by Gasteiger charge is -2.27. The molecule has 0 heterocycles. The van der Waals surface area contributed by atoms with Gasteiger partial charge in [0, 0.05) is 20.7 Å². The third kappa shape index (κ3) is 19.4. The van der Waals surface area contributed by atoms with Crippen LogP contribution in [-0.2, 0) is 9.47 Å². The maximum absolute atomic E-state index is 11.8. The van der Waals surface area contributed by atoms with Crippen molar-refractivity contribution in [2.24, 2.45) is 0 Å². The highest BCUT2D eigenvalue weighted by Gasteiger charge is 2.22. The van der Waals surface area contributed by atoms with E-state index in [0.717, 1.165) is 19.4 Å². The Hall–Kier alpha value is -0.770. The number of rotatable bonds is 10. The van der Waals surface area contributed by atoms with Gasteiger partial charge >= 0.3 is 6.09 Å². The Morgan fingerprint density at radius 2 is 1.32 bits per heavy atom. The average molecular weight is 360 g/mol. The second-order valence-electron chi connectivity index (χ2n) is 8.34. The minimum absolute atomic E-state index is 0.0417. The predicted octanol–water partition coefficient (Wildman–Crippen LogP) is 6.43. The van der Waals surface area contributed by atoms with Gasteiger partial charge < -0.3 is 14.4 Å². The van der Waals surface area contributed by atoms with Crippen molar-refractivity contribution in [3.63, 3.8) is 0 Å². The van der Waals surface area contributed by atoms with Crippen molar-refractivity contribution in [3.05, 3.63) is 0 Å². The second kappa shape index (κ2) is 14.4. The maximum atomic E-state index is 11.8. The zero-order valence-corrected chi connectivity index (χ0v) is 18.5. The molecule has 4 heteroatoms. The van der Waals surface area contributed by atoms with Gasteiger partial charge in [-0.05, 0) is 47.5 Å². The first-order chi connectivity index (χ1) is 11.5. The lowest BCUT2D eigenvalue weighted by molar-refractivity contribution is 0.0155. The number of hydrogen-bond donors (Lipinski definition) is 0. The summed E-state index contributed by atoms with van der Waals surface area (Å²) in [4.78, 5) is 13.5. The van der Waals surface area contributed by atoms with Gasteiger partial charge in [-0.3, -0.25) is 0 Å². The summed E-state index contributed by atoms with van der Waals surface area (Å²) < 4.78 is 10.4. The second-order valence-corrected chi connectivity index (χ2v) is 8.34. The van der Waals surface area contributed by atoms with E-state index in [1.54, 1.807) is 12.0 Å². The van der Waals surface area contributed by atoms with Gasteiger partial charge in [-0.2, -0.15) is 0 Å². The van der Waals surface area contributed by atoms with Crippen molar-refractivity contribution in [3.8, 4) is 0 Å². The van der Waals surface area contributed by atoms with E-state index in [1.807, 2.05) is 48.6 Å². The monoisotopic (exact) mass is 359 g/mol. The van der Waals surface area contributed by atoms with Crippen molar-refractivity contribution in [1.82, 2.24) is 4.90 Å². The SMILES string of the molecule is CCCCCCCCCN(C)C(=O)OC(C)(C)CC.COC(C)(C)C. The Morgan fingerprint density at radius 1 is 0.880 bits per heavy atom. The van der Waals surface area contributed by atoms with Crippen molar-refractivity contribution in [2.75, 3.05) is 20.7 Å². The molecule has 0 rings (SSSR count). The number of carbonyl (C=O) groups excluding carboxylic acids is 1. The molecular weight excluding hydrogens is 314 g/mol. The van der Waals surface area contributed by atoms with E-state index < -0.39 is 0 Å². The van der Waals surface area contributed by atoms with Crippen molar-refractivity contribution in [2.45, 2.75) is 111 Å². The summed E-state index contributed by atoms with van der Waals surface area (Å²) in [5.41, 5.74) is -0.314. The fraction of sp³-hybridized carbons (Fsp3) is 0.952. The Kier molecular flexibility index (Phi) is 15.2. The minimum atomic E-state index is -0.356. The van der Waals surface area contributed by atoms with Crippen LogP contribution in [0.15, 0.2) is 0 Å². The molecule has 4 nitrogen and oxygen atoms in total. The molecule has 25 heavy (non-hydrogen) atoms. The van der Waals surface area contributed by atoms with Crippen LogP contribution in [0.4, 0.5) is 4.79 Å². The molecule has 1 amide bonds. The maximum Gasteiger partial charge on any atom is 0.410 e. The molecule has 0 aliphatic carbocycles. The standard InChI is InChI=1S/C16H33NO2.C5H12O/c1-6-8-9-10-11-12-13-14-17(5)15(18)19-16(3,4)7-2;1-5(2,3)6-4/h6-14H2,1-5H3;1-4H3. The number of nitrogens with zero attached hydrogens (tertiary/aromatic N) is 1. The molecule has 0 radical (unpaired) electrons. The number of amides is 1. The van der Waals surface area contributed by atoms with Crippen LogP contribution >= 0.6 is 0 Å². The fourth-order valence-electron chi connectivity index (χ4n) is 1.78. The molecular formula is C21H45NO3. The van der Waals surface area contributed by atoms with Gasteiger partial charge in [-0.25, -0.2) is 4.79 Å². The molecule has 0 spiro atoms. The Balaban J connectivity index is 0. The van der Waals surface area contributed by atoms with E-state index in [1.165, 1.54) is 38.5 Å². The van der Waals surface area contributed by atoms with Crippen LogP contribution in [0, 0.1) is 0 Å². The number of unbranched alkanes of at least 4 members (excludes halogenated alkanes) is 6. The highest BCUT2D eigenvalue weighted by atomic mass is 16.6. The summed E-state index contributed by atoms with van der Waals surface area (Å²) in [7, 11) is 3.53. The summed E-state index contributed by atoms with van der Waals surface area (Å²) in [6.07, 6.45) is 9.51. The number of hydrogen-bond acceptors (Lipinski definition) is 3. The number of ether oxygens (including phenoxy) is 2. The molecule has 0 aliphatic rings. The van der Waals surface area contributed by atoms with Crippen molar-refractivity contribution >= 4 is 6.09 Å². The van der Waals surface area contributed by atoms with Gasteiger partial charge in [0.25, 0.3) is 0 Å². The molecule has 0 N–H and O–H groups in total. The largest absolute Gasteiger partial charge is 0.443 e. The fourth-order valence-corrected chi connectivity index (χ4v) is 1.78. The van der Waals surface area contributed by atoms with E-state index >= 15 is 0 Å². The zero-order chi connectivity index (χ0) is 19.9. The lowest BCUT2D eigenvalue weighted by Crippen LogP contribution is -2.36. The summed E-state index contributed by atoms with van der Waals surface area (Å²) >= 11 is 0. The molecule has 0 saturated carbocycles. The molecule has 152 valence electrons. The molecule has 0 saturated heterocycles. The number of carbonyl (C=O) groups is 1. The Bertz CT molecular complexity index is 322. The summed E-state index contributed by atoms with van der Waals surface area (Å²) in [6.45, 7) is 15.0. The van der Waals surface area contributed by atoms with E-state index in [2.05, 4.69) is 6.92 Å². The predicted molar refractivity (Wildman–Crippen MR) is 108 cm³/mol. The van der Waals surface area contributed by atoms with Gasteiger partial charge in [0.2, 0.25) is 0 Å². The molecule has 0 aromatic heterocycles. The van der Waals surface area contributed by atoms with Crippen LogP contribution < -0.4 is 0 Å². The summed E-state index contributed by atoms with van der Waals surface area (Å²) in [5.74, 6) is 0. The molecule has 0 fully saturated rings. The smallest absolute Gasteiger partial charge is 0.410 e. The van der Waals surface area contributed by atoms with Crippen LogP contribution in [0.25, 0.3) is 0 Å². The van der Waals surface area contributed by atoms with Crippen LogP contribution in [0.2, 0.25) is 0 Å². The molecule has 0 atom stereocenters. The summed E-state index contributed by atoms with van der Waals surface area (Å²) in [6, 6.07) is 0. The first-order valence-corrected chi connectivity index (χ1v) is 9.98. The first kappa shape index (κ1) is 26.5. The van der Waals surface area contributed by atoms with E-state index in [0.29, 0.717) is 0 Å². The van der Waals surface area contributed by atoms with E-state index in [4.69, 9.17) is 9.47 Å². The Morgan fingerprint density at radius 3 is 1.72 bits per heavy atom. The highest BCUT2D eigenvalue weighted by Crippen LogP contribution is 2.15.